The molecule has 1 aromatic carbocycles. The molecule has 1 aliphatic rings. The first-order valence-corrected chi connectivity index (χ1v) is 11.2. The van der Waals surface area contributed by atoms with E-state index in [-0.39, 0.29) is 0 Å². The van der Waals surface area contributed by atoms with Crippen molar-refractivity contribution in [1.82, 2.24) is 29.4 Å². The summed E-state index contributed by atoms with van der Waals surface area (Å²) in [6.45, 7) is 8.73. The second-order valence-electron chi connectivity index (χ2n) is 8.20. The van der Waals surface area contributed by atoms with Gasteiger partial charge < -0.3 is 10.2 Å². The van der Waals surface area contributed by atoms with E-state index >= 15 is 0 Å². The van der Waals surface area contributed by atoms with Crippen LogP contribution in [0.2, 0.25) is 0 Å². The Bertz CT molecular complexity index is 1260. The molecule has 33 heavy (non-hydrogen) atoms. The van der Waals surface area contributed by atoms with Gasteiger partial charge in [0.1, 0.15) is 11.6 Å². The molecule has 0 unspecified atom stereocenters. The fourth-order valence-corrected chi connectivity index (χ4v) is 4.11. The number of pyridine rings is 1. The van der Waals surface area contributed by atoms with Crippen molar-refractivity contribution in [2.45, 2.75) is 13.5 Å². The van der Waals surface area contributed by atoms with Crippen molar-refractivity contribution in [2.24, 2.45) is 0 Å². The van der Waals surface area contributed by atoms with Crippen LogP contribution in [-0.4, -0.2) is 62.1 Å². The molecule has 1 fully saturated rings. The van der Waals surface area contributed by atoms with E-state index in [2.05, 4.69) is 44.3 Å². The first-order chi connectivity index (χ1) is 16.2. The molecule has 4 aromatic rings. The smallest absolute Gasteiger partial charge is 0.157 e. The highest BCUT2D eigenvalue weighted by atomic mass is 15.3. The number of hydrogen-bond donors (Lipinski definition) is 1. The number of piperazine rings is 1. The molecule has 0 amide bonds. The summed E-state index contributed by atoms with van der Waals surface area (Å²) in [6, 6.07) is 17.5. The van der Waals surface area contributed by atoms with Crippen molar-refractivity contribution in [3.63, 3.8) is 0 Å². The Morgan fingerprint density at radius 3 is 2.48 bits per heavy atom. The molecule has 8 nitrogen and oxygen atoms in total. The number of aromatic nitrogens is 4. The van der Waals surface area contributed by atoms with Crippen molar-refractivity contribution in [1.29, 1.82) is 5.26 Å². The van der Waals surface area contributed by atoms with Crippen LogP contribution in [-0.2, 0) is 6.54 Å². The Kier molecular flexibility index (Phi) is 5.98. The standard InChI is InChI=1S/C25H26N8/c1-2-31-11-13-32(14-12-31)18-20-5-8-23(27-17-20)30-25-15-22(29-24-9-10-28-33(24)25)21-6-3-19(16-26)4-7-21/h3-10,15,17H,2,11-14,18H2,1H3,(H,27,30). The van der Waals surface area contributed by atoms with Crippen molar-refractivity contribution in [2.75, 3.05) is 38.0 Å². The van der Waals surface area contributed by atoms with Crippen molar-refractivity contribution in [3.05, 3.63) is 72.1 Å². The third kappa shape index (κ3) is 4.70. The summed E-state index contributed by atoms with van der Waals surface area (Å²) >= 11 is 0. The molecule has 0 saturated carbocycles. The van der Waals surface area contributed by atoms with Gasteiger partial charge in [0.05, 0.1) is 23.5 Å². The van der Waals surface area contributed by atoms with E-state index in [1.165, 1.54) is 5.56 Å². The molecule has 0 atom stereocenters. The highest BCUT2D eigenvalue weighted by Gasteiger charge is 2.16. The van der Waals surface area contributed by atoms with Gasteiger partial charge >= 0.3 is 0 Å². The molecule has 0 spiro atoms. The summed E-state index contributed by atoms with van der Waals surface area (Å²) in [6.07, 6.45) is 3.67. The molecule has 166 valence electrons. The Labute approximate surface area is 193 Å². The largest absolute Gasteiger partial charge is 0.325 e. The third-order valence-electron chi connectivity index (χ3n) is 6.07. The molecule has 0 radical (unpaired) electrons. The van der Waals surface area contributed by atoms with Crippen molar-refractivity contribution >= 4 is 17.3 Å². The van der Waals surface area contributed by atoms with Gasteiger partial charge in [0.2, 0.25) is 0 Å². The summed E-state index contributed by atoms with van der Waals surface area (Å²) in [5.41, 5.74) is 4.31. The maximum Gasteiger partial charge on any atom is 0.157 e. The summed E-state index contributed by atoms with van der Waals surface area (Å²) in [4.78, 5) is 14.3. The number of nitriles is 1. The fraction of sp³-hybridized carbons (Fsp3) is 0.280. The van der Waals surface area contributed by atoms with Crippen LogP contribution in [0.4, 0.5) is 11.6 Å². The molecular weight excluding hydrogens is 412 g/mol. The van der Waals surface area contributed by atoms with Crippen LogP contribution >= 0.6 is 0 Å². The minimum Gasteiger partial charge on any atom is -0.325 e. The third-order valence-corrected chi connectivity index (χ3v) is 6.07. The maximum absolute atomic E-state index is 9.05. The number of fused-ring (bicyclic) bond motifs is 1. The van der Waals surface area contributed by atoms with Gasteiger partial charge in [-0.05, 0) is 30.3 Å². The minimum atomic E-state index is 0.624. The van der Waals surface area contributed by atoms with E-state index < -0.39 is 0 Å². The fourth-order valence-electron chi connectivity index (χ4n) is 4.11. The maximum atomic E-state index is 9.05. The Morgan fingerprint density at radius 2 is 1.79 bits per heavy atom. The van der Waals surface area contributed by atoms with E-state index in [0.29, 0.717) is 5.56 Å². The Hall–Kier alpha value is -3.80. The average Bonchev–Trinajstić information content (AvgIpc) is 3.35. The van der Waals surface area contributed by atoms with Crippen LogP contribution in [0, 0.1) is 11.3 Å². The zero-order valence-corrected chi connectivity index (χ0v) is 18.6. The van der Waals surface area contributed by atoms with Gasteiger partial charge in [-0.2, -0.15) is 14.9 Å². The lowest BCUT2D eigenvalue weighted by Gasteiger charge is -2.33. The lowest BCUT2D eigenvalue weighted by molar-refractivity contribution is 0.132. The topological polar surface area (TPSA) is 85.4 Å². The zero-order chi connectivity index (χ0) is 22.6. The summed E-state index contributed by atoms with van der Waals surface area (Å²) in [5.74, 6) is 1.53. The Balaban J connectivity index is 1.33. The van der Waals surface area contributed by atoms with Crippen LogP contribution in [0.25, 0.3) is 16.9 Å². The molecule has 8 heteroatoms. The number of benzene rings is 1. The predicted octanol–water partition coefficient (Wildman–Crippen LogP) is 3.54. The molecule has 3 aromatic heterocycles. The highest BCUT2D eigenvalue weighted by Crippen LogP contribution is 2.24. The molecular formula is C25H26N8. The van der Waals surface area contributed by atoms with Gasteiger partial charge in [-0.1, -0.05) is 25.1 Å². The normalized spacial score (nSPS) is 14.9. The van der Waals surface area contributed by atoms with Crippen LogP contribution in [0.15, 0.2) is 60.9 Å². The summed E-state index contributed by atoms with van der Waals surface area (Å²) in [7, 11) is 0. The predicted molar refractivity (Wildman–Crippen MR) is 128 cm³/mol. The molecule has 1 saturated heterocycles. The molecule has 4 heterocycles. The average molecular weight is 439 g/mol. The first kappa shape index (κ1) is 21.1. The number of rotatable bonds is 6. The van der Waals surface area contributed by atoms with E-state index in [9.17, 15) is 0 Å². The SMILES string of the molecule is CCN1CCN(Cc2ccc(Nc3cc(-c4ccc(C#N)cc4)nc4ccnn34)nc2)CC1. The summed E-state index contributed by atoms with van der Waals surface area (Å²) < 4.78 is 1.76. The molecule has 1 aliphatic heterocycles. The molecule has 0 bridgehead atoms. The van der Waals surface area contributed by atoms with Gasteiger partial charge in [-0.3, -0.25) is 4.90 Å². The van der Waals surface area contributed by atoms with Crippen LogP contribution in [0.1, 0.15) is 18.1 Å². The van der Waals surface area contributed by atoms with E-state index in [0.717, 1.165) is 67.8 Å². The van der Waals surface area contributed by atoms with Gasteiger partial charge in [-0.25, -0.2) is 9.97 Å². The minimum absolute atomic E-state index is 0.624. The molecule has 5 rings (SSSR count). The second-order valence-corrected chi connectivity index (χ2v) is 8.20. The zero-order valence-electron chi connectivity index (χ0n) is 18.6. The first-order valence-electron chi connectivity index (χ1n) is 11.2. The monoisotopic (exact) mass is 438 g/mol. The molecule has 1 N–H and O–H groups in total. The van der Waals surface area contributed by atoms with Gasteiger partial charge in [0.15, 0.2) is 5.65 Å². The number of nitrogens with zero attached hydrogens (tertiary/aromatic N) is 7. The quantitative estimate of drug-likeness (QED) is 0.493. The van der Waals surface area contributed by atoms with Crippen molar-refractivity contribution in [3.8, 4) is 17.3 Å². The number of hydrogen-bond acceptors (Lipinski definition) is 7. The van der Waals surface area contributed by atoms with Crippen LogP contribution < -0.4 is 5.32 Å². The van der Waals surface area contributed by atoms with Gasteiger partial charge in [0.25, 0.3) is 0 Å². The summed E-state index contributed by atoms with van der Waals surface area (Å²) in [5, 5.41) is 16.8. The van der Waals surface area contributed by atoms with E-state index in [1.807, 2.05) is 36.5 Å². The second kappa shape index (κ2) is 9.36. The lowest BCUT2D eigenvalue weighted by atomic mass is 10.1. The lowest BCUT2D eigenvalue weighted by Crippen LogP contribution is -2.45. The van der Waals surface area contributed by atoms with Crippen LogP contribution in [0.3, 0.4) is 0 Å². The highest BCUT2D eigenvalue weighted by molar-refractivity contribution is 5.69. The van der Waals surface area contributed by atoms with Gasteiger partial charge in [0, 0.05) is 56.6 Å². The molecule has 0 aliphatic carbocycles. The van der Waals surface area contributed by atoms with E-state index in [1.54, 1.807) is 22.8 Å². The van der Waals surface area contributed by atoms with E-state index in [4.69, 9.17) is 10.2 Å². The van der Waals surface area contributed by atoms with Crippen LogP contribution in [0.5, 0.6) is 0 Å². The van der Waals surface area contributed by atoms with Gasteiger partial charge in [-0.15, -0.1) is 0 Å². The Morgan fingerprint density at radius 1 is 1.00 bits per heavy atom. The van der Waals surface area contributed by atoms with Crippen molar-refractivity contribution < 1.29 is 0 Å². The number of anilines is 2. The number of nitrogens with one attached hydrogen (secondary N) is 1. The number of likely N-dealkylation sites (N-methyl/N-ethyl adjacent to an activating group) is 1.